The summed E-state index contributed by atoms with van der Waals surface area (Å²) in [4.78, 5) is 32.6. The number of imide groups is 1. The zero-order chi connectivity index (χ0) is 34.8. The van der Waals surface area contributed by atoms with Crippen LogP contribution >= 0.6 is 0 Å². The van der Waals surface area contributed by atoms with E-state index in [0.717, 1.165) is 79.8 Å². The predicted octanol–water partition coefficient (Wildman–Crippen LogP) is 7.64. The number of carbonyl (C=O) groups excluding carboxylic acids is 2. The first-order chi connectivity index (χ1) is 24.3. The maximum absolute atomic E-state index is 14.3. The van der Waals surface area contributed by atoms with Crippen molar-refractivity contribution in [1.82, 2.24) is 9.80 Å². The third-order valence-corrected chi connectivity index (χ3v) is 11.4. The van der Waals surface area contributed by atoms with Gasteiger partial charge in [-0.25, -0.2) is 0 Å². The van der Waals surface area contributed by atoms with E-state index in [1.807, 2.05) is 62.4 Å². The Kier molecular flexibility index (Phi) is 10.2. The van der Waals surface area contributed by atoms with Crippen molar-refractivity contribution in [3.63, 3.8) is 0 Å². The molecular weight excluding hydrogens is 624 g/mol. The monoisotopic (exact) mass is 674 g/mol. The number of allylic oxidation sites excluding steroid dienone is 1. The number of ether oxygens (including phenoxy) is 2. The van der Waals surface area contributed by atoms with E-state index in [-0.39, 0.29) is 41.7 Å². The van der Waals surface area contributed by atoms with Crippen LogP contribution in [0.25, 0.3) is 6.08 Å². The summed E-state index contributed by atoms with van der Waals surface area (Å²) in [6.45, 7) is 9.53. The van der Waals surface area contributed by atoms with Gasteiger partial charge in [-0.2, -0.15) is 0 Å². The first-order valence-corrected chi connectivity index (χ1v) is 18.4. The highest BCUT2D eigenvalue weighted by molar-refractivity contribution is 6.06. The molecule has 3 heterocycles. The summed E-state index contributed by atoms with van der Waals surface area (Å²) in [5.74, 6) is 0.315. The summed E-state index contributed by atoms with van der Waals surface area (Å²) >= 11 is 0. The molecule has 4 aliphatic rings. The topological polar surface area (TPSA) is 79.3 Å². The number of amides is 2. The van der Waals surface area contributed by atoms with Crippen LogP contribution in [0.5, 0.6) is 11.5 Å². The molecule has 0 aromatic heterocycles. The van der Waals surface area contributed by atoms with Crippen molar-refractivity contribution < 1.29 is 24.2 Å². The van der Waals surface area contributed by atoms with E-state index in [4.69, 9.17) is 9.47 Å². The highest BCUT2D eigenvalue weighted by Gasteiger charge is 2.58. The molecule has 0 spiro atoms. The number of hydrogen-bond donors (Lipinski definition) is 1. The van der Waals surface area contributed by atoms with Crippen molar-refractivity contribution >= 4 is 17.9 Å². The van der Waals surface area contributed by atoms with Crippen molar-refractivity contribution in [1.29, 1.82) is 0 Å². The Hall–Kier alpha value is -4.20. The van der Waals surface area contributed by atoms with Crippen molar-refractivity contribution in [3.8, 4) is 11.5 Å². The summed E-state index contributed by atoms with van der Waals surface area (Å²) in [5.41, 5.74) is 7.76. The molecule has 4 atom stereocenters. The van der Waals surface area contributed by atoms with Gasteiger partial charge >= 0.3 is 0 Å². The van der Waals surface area contributed by atoms with Crippen molar-refractivity contribution in [2.45, 2.75) is 78.0 Å². The number of aromatic hydroxyl groups is 1. The van der Waals surface area contributed by atoms with Crippen LogP contribution in [-0.2, 0) is 20.9 Å². The average molecular weight is 675 g/mol. The van der Waals surface area contributed by atoms with Crippen LogP contribution in [0, 0.1) is 31.6 Å². The van der Waals surface area contributed by atoms with Crippen LogP contribution in [0.2, 0.25) is 0 Å². The third kappa shape index (κ3) is 7.03. The van der Waals surface area contributed by atoms with Gasteiger partial charge in [-0.3, -0.25) is 19.4 Å². The number of phenolic OH excluding ortho intramolecular Hbond substituents is 1. The van der Waals surface area contributed by atoms with E-state index in [1.54, 1.807) is 4.90 Å². The molecule has 3 aliphatic heterocycles. The Bertz CT molecular complexity index is 1740. The average Bonchev–Trinajstić information content (AvgIpc) is 3.66. The van der Waals surface area contributed by atoms with Crippen LogP contribution in [0.15, 0.2) is 89.5 Å². The number of rotatable bonds is 11. The first-order valence-electron chi connectivity index (χ1n) is 18.4. The van der Waals surface area contributed by atoms with E-state index in [1.165, 1.54) is 16.7 Å². The summed E-state index contributed by atoms with van der Waals surface area (Å²) in [5, 5.41) is 10.3. The molecule has 1 aliphatic carbocycles. The predicted molar refractivity (Wildman–Crippen MR) is 195 cm³/mol. The molecule has 3 aromatic carbocycles. The van der Waals surface area contributed by atoms with Gasteiger partial charge in [-0.1, -0.05) is 67.1 Å². The molecule has 0 unspecified atom stereocenters. The van der Waals surface area contributed by atoms with Crippen LogP contribution in [0.3, 0.4) is 0 Å². The number of hydrogen-bond acceptors (Lipinski definition) is 6. The largest absolute Gasteiger partial charge is 0.507 e. The number of carbonyl (C=O) groups is 2. The minimum Gasteiger partial charge on any atom is -0.507 e. The van der Waals surface area contributed by atoms with Crippen molar-refractivity contribution in [2.75, 3.05) is 26.3 Å². The van der Waals surface area contributed by atoms with Gasteiger partial charge in [0.05, 0.1) is 24.5 Å². The van der Waals surface area contributed by atoms with Gasteiger partial charge in [0.15, 0.2) is 0 Å². The lowest BCUT2D eigenvalue weighted by Gasteiger charge is -2.36. The minimum atomic E-state index is -0.366. The molecule has 7 rings (SSSR count). The van der Waals surface area contributed by atoms with Gasteiger partial charge in [-0.05, 0) is 110 Å². The Morgan fingerprint density at radius 2 is 1.62 bits per heavy atom. The van der Waals surface area contributed by atoms with Gasteiger partial charge in [0, 0.05) is 31.6 Å². The molecule has 3 saturated heterocycles. The lowest BCUT2D eigenvalue weighted by molar-refractivity contribution is -0.144. The summed E-state index contributed by atoms with van der Waals surface area (Å²) in [6, 6.07) is 24.3. The van der Waals surface area contributed by atoms with Gasteiger partial charge in [0.25, 0.3) is 0 Å². The molecule has 0 bridgehead atoms. The van der Waals surface area contributed by atoms with Crippen LogP contribution in [-0.4, -0.2) is 65.2 Å². The fourth-order valence-electron chi connectivity index (χ4n) is 8.83. The maximum Gasteiger partial charge on any atom is 0.234 e. The number of aryl methyl sites for hydroxylation is 2. The first kappa shape index (κ1) is 34.3. The second-order valence-electron chi connectivity index (χ2n) is 14.7. The minimum absolute atomic E-state index is 0.00286. The Morgan fingerprint density at radius 3 is 2.30 bits per heavy atom. The quantitative estimate of drug-likeness (QED) is 0.166. The number of fused-ring (bicyclic) bond motifs is 3. The van der Waals surface area contributed by atoms with Crippen LogP contribution in [0.4, 0.5) is 0 Å². The van der Waals surface area contributed by atoms with E-state index >= 15 is 0 Å². The Labute approximate surface area is 296 Å². The lowest BCUT2D eigenvalue weighted by atomic mass is 9.69. The van der Waals surface area contributed by atoms with Gasteiger partial charge in [-0.15, -0.1) is 0 Å². The fraction of sp³-hybridized carbons (Fsp3) is 0.442. The summed E-state index contributed by atoms with van der Waals surface area (Å²) in [6.07, 6.45) is 6.85. The summed E-state index contributed by atoms with van der Waals surface area (Å²) < 4.78 is 12.9. The summed E-state index contributed by atoms with van der Waals surface area (Å²) in [7, 11) is 0. The van der Waals surface area contributed by atoms with Gasteiger partial charge in [0.2, 0.25) is 11.8 Å². The van der Waals surface area contributed by atoms with E-state index < -0.39 is 0 Å². The highest BCUT2D eigenvalue weighted by Crippen LogP contribution is 2.50. The van der Waals surface area contributed by atoms with Crippen molar-refractivity contribution in [2.24, 2.45) is 17.8 Å². The molecule has 1 N–H and O–H groups in total. The highest BCUT2D eigenvalue weighted by atomic mass is 16.5. The SMILES string of the molecule is CC/C(=C\c1cc(C)c(O)c(C)c1)CC[C@H]1OC[C@H]2C1=C(COc1ccccc1)C[C@H]1C(=O)N(C3CCN(Cc4ccccc4)CC3)C(=O)[C@H]12. The number of phenols is 1. The van der Waals surface area contributed by atoms with Crippen LogP contribution < -0.4 is 4.74 Å². The molecule has 7 heteroatoms. The third-order valence-electron chi connectivity index (χ3n) is 11.4. The Morgan fingerprint density at radius 1 is 0.940 bits per heavy atom. The van der Waals surface area contributed by atoms with Gasteiger partial charge in [0.1, 0.15) is 18.1 Å². The molecule has 2 amide bonds. The lowest BCUT2D eigenvalue weighted by Crippen LogP contribution is -2.47. The zero-order valence-corrected chi connectivity index (χ0v) is 29.6. The van der Waals surface area contributed by atoms with Gasteiger partial charge < -0.3 is 14.6 Å². The molecular formula is C43H50N2O5. The smallest absolute Gasteiger partial charge is 0.234 e. The second kappa shape index (κ2) is 15.0. The van der Waals surface area contributed by atoms with Crippen molar-refractivity contribution in [3.05, 3.63) is 112 Å². The number of likely N-dealkylation sites (tertiary alicyclic amines) is 2. The number of benzene rings is 3. The number of nitrogens with zero attached hydrogens (tertiary/aromatic N) is 2. The molecule has 262 valence electrons. The Balaban J connectivity index is 1.09. The molecule has 0 saturated carbocycles. The van der Waals surface area contributed by atoms with E-state index in [9.17, 15) is 14.7 Å². The molecule has 7 nitrogen and oxygen atoms in total. The molecule has 0 radical (unpaired) electrons. The maximum atomic E-state index is 14.3. The van der Waals surface area contributed by atoms with E-state index in [0.29, 0.717) is 25.4 Å². The van der Waals surface area contributed by atoms with Crippen LogP contribution in [0.1, 0.15) is 67.7 Å². The van der Waals surface area contributed by atoms with E-state index in [2.05, 4.69) is 42.2 Å². The number of para-hydroxylation sites is 1. The standard InChI is InChI=1S/C43H50N2O5/c1-4-30(23-32-21-28(2)41(46)29(3)22-32)15-16-38-39-33(26-49-35-13-9-6-10-14-35)24-36-40(37(39)27-50-38)43(48)45(42(36)47)34-17-19-44(20-18-34)25-31-11-7-5-8-12-31/h5-14,21-23,34,36-38,40,46H,4,15-20,24-27H2,1-3H3/b30-23+/t36-,37+,38-,40-/m1/s1. The molecule has 3 aromatic rings. The second-order valence-corrected chi connectivity index (χ2v) is 14.7. The molecule has 50 heavy (non-hydrogen) atoms. The zero-order valence-electron chi connectivity index (χ0n) is 29.6. The normalized spacial score (nSPS) is 24.5. The number of piperidine rings is 1. The molecule has 3 fully saturated rings. The fourth-order valence-corrected chi connectivity index (χ4v) is 8.83.